The zero-order valence-corrected chi connectivity index (χ0v) is 21.0. The highest BCUT2D eigenvalue weighted by Crippen LogP contribution is 2.28. The summed E-state index contributed by atoms with van der Waals surface area (Å²) in [5, 5.41) is 13.0. The molecule has 0 fully saturated rings. The van der Waals surface area contributed by atoms with E-state index in [-0.39, 0.29) is 17.8 Å². The van der Waals surface area contributed by atoms with Gasteiger partial charge in [-0.1, -0.05) is 43.3 Å². The van der Waals surface area contributed by atoms with E-state index in [2.05, 4.69) is 29.4 Å². The molecule has 0 saturated heterocycles. The van der Waals surface area contributed by atoms with Gasteiger partial charge in [0.05, 0.1) is 12.9 Å². The average molecular weight is 489 g/mol. The normalized spacial score (nSPS) is 12.0. The smallest absolute Gasteiger partial charge is 0.234 e. The lowest BCUT2D eigenvalue weighted by molar-refractivity contribution is -0.113. The van der Waals surface area contributed by atoms with Crippen molar-refractivity contribution in [1.29, 1.82) is 0 Å². The fraction of sp³-hybridized carbons (Fsp3) is 0.375. The molecule has 1 N–H and O–H groups in total. The third kappa shape index (κ3) is 6.88. The second kappa shape index (κ2) is 11.4. The molecule has 1 unspecified atom stereocenters. The molecule has 0 radical (unpaired) electrons. The number of hydrogen-bond donors (Lipinski definition) is 1. The summed E-state index contributed by atoms with van der Waals surface area (Å²) >= 11 is 7.35. The maximum atomic E-state index is 12.5. The molecule has 7 nitrogen and oxygen atoms in total. The van der Waals surface area contributed by atoms with Crippen LogP contribution in [-0.2, 0) is 11.3 Å². The summed E-state index contributed by atoms with van der Waals surface area (Å²) in [4.78, 5) is 12.5. The number of hydrogen-bond acceptors (Lipinski definition) is 6. The lowest BCUT2D eigenvalue weighted by Gasteiger charge is -2.18. The van der Waals surface area contributed by atoms with Crippen LogP contribution in [0.25, 0.3) is 0 Å². The van der Waals surface area contributed by atoms with Crippen molar-refractivity contribution in [3.05, 3.63) is 58.9 Å². The molecular formula is C24H29ClN4O3S. The second-order valence-corrected chi connectivity index (χ2v) is 9.46. The van der Waals surface area contributed by atoms with Crippen molar-refractivity contribution in [2.24, 2.45) is 5.92 Å². The van der Waals surface area contributed by atoms with E-state index in [1.807, 2.05) is 48.7 Å². The predicted molar refractivity (Wildman–Crippen MR) is 132 cm³/mol. The van der Waals surface area contributed by atoms with Gasteiger partial charge in [0.1, 0.15) is 11.5 Å². The highest BCUT2D eigenvalue weighted by Gasteiger charge is 2.21. The topological polar surface area (TPSA) is 78.3 Å². The number of aryl methyl sites for hydroxylation is 1. The molecule has 33 heavy (non-hydrogen) atoms. The summed E-state index contributed by atoms with van der Waals surface area (Å²) in [7, 11) is 1.62. The van der Waals surface area contributed by atoms with Crippen molar-refractivity contribution < 1.29 is 14.3 Å². The first-order valence-corrected chi connectivity index (χ1v) is 12.1. The van der Waals surface area contributed by atoms with Crippen LogP contribution >= 0.6 is 23.4 Å². The summed E-state index contributed by atoms with van der Waals surface area (Å²) in [6, 6.07) is 12.8. The Labute approximate surface area is 203 Å². The average Bonchev–Trinajstić information content (AvgIpc) is 3.16. The number of carbonyl (C=O) groups excluding carboxylic acids is 1. The molecule has 1 atom stereocenters. The number of nitrogens with zero attached hydrogens (tertiary/aromatic N) is 3. The SMILES string of the molecule is COc1cccc(OC(C)c2nnc(SCC(=O)Nc3ccc(Cl)cc3C)n2CC(C)C)c1. The molecule has 0 spiro atoms. The van der Waals surface area contributed by atoms with Gasteiger partial charge in [-0.05, 0) is 55.7 Å². The number of amides is 1. The Morgan fingerprint density at radius 3 is 2.61 bits per heavy atom. The number of rotatable bonds is 10. The van der Waals surface area contributed by atoms with Crippen LogP contribution in [0.4, 0.5) is 5.69 Å². The Hall–Kier alpha value is -2.71. The fourth-order valence-corrected chi connectivity index (χ4v) is 4.24. The molecule has 2 aromatic carbocycles. The number of thioether (sulfide) groups is 1. The van der Waals surface area contributed by atoms with Crippen LogP contribution in [0, 0.1) is 12.8 Å². The summed E-state index contributed by atoms with van der Waals surface area (Å²) in [6.07, 6.45) is -0.330. The van der Waals surface area contributed by atoms with Gasteiger partial charge < -0.3 is 19.4 Å². The summed E-state index contributed by atoms with van der Waals surface area (Å²) in [5.41, 5.74) is 1.66. The molecule has 3 rings (SSSR count). The fourth-order valence-electron chi connectivity index (χ4n) is 3.26. The number of halogens is 1. The second-order valence-electron chi connectivity index (χ2n) is 8.08. The van der Waals surface area contributed by atoms with Crippen LogP contribution in [-0.4, -0.2) is 33.5 Å². The minimum absolute atomic E-state index is 0.119. The van der Waals surface area contributed by atoms with Crippen LogP contribution in [0.15, 0.2) is 47.6 Å². The van der Waals surface area contributed by atoms with E-state index in [1.54, 1.807) is 19.2 Å². The van der Waals surface area contributed by atoms with Gasteiger partial charge in [-0.15, -0.1) is 10.2 Å². The lowest BCUT2D eigenvalue weighted by Crippen LogP contribution is -2.17. The molecule has 0 aliphatic heterocycles. The molecule has 1 amide bonds. The molecular weight excluding hydrogens is 460 g/mol. The number of aromatic nitrogens is 3. The van der Waals surface area contributed by atoms with Gasteiger partial charge in [0.2, 0.25) is 5.91 Å². The van der Waals surface area contributed by atoms with Crippen molar-refractivity contribution in [1.82, 2.24) is 14.8 Å². The van der Waals surface area contributed by atoms with E-state index in [1.165, 1.54) is 11.8 Å². The Morgan fingerprint density at radius 2 is 1.91 bits per heavy atom. The van der Waals surface area contributed by atoms with E-state index in [0.717, 1.165) is 17.0 Å². The zero-order chi connectivity index (χ0) is 24.0. The minimum atomic E-state index is -0.330. The van der Waals surface area contributed by atoms with E-state index in [9.17, 15) is 4.79 Å². The van der Waals surface area contributed by atoms with Crippen LogP contribution in [0.3, 0.4) is 0 Å². The highest BCUT2D eigenvalue weighted by molar-refractivity contribution is 7.99. The Kier molecular flexibility index (Phi) is 8.63. The van der Waals surface area contributed by atoms with Crippen LogP contribution in [0.2, 0.25) is 5.02 Å². The third-order valence-electron chi connectivity index (χ3n) is 4.81. The Morgan fingerprint density at radius 1 is 1.15 bits per heavy atom. The Balaban J connectivity index is 1.71. The molecule has 1 aromatic heterocycles. The molecule has 0 saturated carbocycles. The zero-order valence-electron chi connectivity index (χ0n) is 19.5. The van der Waals surface area contributed by atoms with Crippen molar-refractivity contribution >= 4 is 35.0 Å². The van der Waals surface area contributed by atoms with E-state index in [0.29, 0.717) is 34.2 Å². The molecule has 3 aromatic rings. The highest BCUT2D eigenvalue weighted by atomic mass is 35.5. The van der Waals surface area contributed by atoms with Gasteiger partial charge in [-0.25, -0.2) is 0 Å². The monoisotopic (exact) mass is 488 g/mol. The van der Waals surface area contributed by atoms with E-state index < -0.39 is 0 Å². The largest absolute Gasteiger partial charge is 0.497 e. The first kappa shape index (κ1) is 24.9. The quantitative estimate of drug-likeness (QED) is 0.365. The number of ether oxygens (including phenoxy) is 2. The Bertz CT molecular complexity index is 1100. The van der Waals surface area contributed by atoms with Crippen LogP contribution in [0.5, 0.6) is 11.5 Å². The van der Waals surface area contributed by atoms with Gasteiger partial charge in [-0.2, -0.15) is 0 Å². The standard InChI is InChI=1S/C24H29ClN4O3S/c1-15(2)13-29-23(17(4)32-20-8-6-7-19(12-20)31-5)27-28-24(29)33-14-22(30)26-21-10-9-18(25)11-16(21)3/h6-12,15,17H,13-14H2,1-5H3,(H,26,30). The van der Waals surface area contributed by atoms with Gasteiger partial charge in [-0.3, -0.25) is 4.79 Å². The summed E-state index contributed by atoms with van der Waals surface area (Å²) in [6.45, 7) is 8.81. The third-order valence-corrected chi connectivity index (χ3v) is 6.01. The number of carbonyl (C=O) groups is 1. The first-order chi connectivity index (χ1) is 15.8. The molecule has 9 heteroatoms. The molecule has 176 valence electrons. The minimum Gasteiger partial charge on any atom is -0.497 e. The number of anilines is 1. The van der Waals surface area contributed by atoms with Crippen molar-refractivity contribution in [2.75, 3.05) is 18.2 Å². The predicted octanol–water partition coefficient (Wildman–Crippen LogP) is 5.78. The van der Waals surface area contributed by atoms with Gasteiger partial charge in [0.25, 0.3) is 0 Å². The van der Waals surface area contributed by atoms with Crippen molar-refractivity contribution in [3.8, 4) is 11.5 Å². The maximum Gasteiger partial charge on any atom is 0.234 e. The molecule has 0 aliphatic rings. The van der Waals surface area contributed by atoms with Crippen LogP contribution in [0.1, 0.15) is 38.3 Å². The molecule has 0 aliphatic carbocycles. The maximum absolute atomic E-state index is 12.5. The van der Waals surface area contributed by atoms with Crippen molar-refractivity contribution in [2.45, 2.75) is 45.5 Å². The van der Waals surface area contributed by atoms with Crippen molar-refractivity contribution in [3.63, 3.8) is 0 Å². The molecule has 1 heterocycles. The number of nitrogens with one attached hydrogen (secondary N) is 1. The lowest BCUT2D eigenvalue weighted by atomic mass is 10.2. The molecule has 0 bridgehead atoms. The van der Waals surface area contributed by atoms with Gasteiger partial charge in [0, 0.05) is 23.3 Å². The first-order valence-electron chi connectivity index (χ1n) is 10.7. The van der Waals surface area contributed by atoms with Crippen LogP contribution < -0.4 is 14.8 Å². The number of methoxy groups -OCH3 is 1. The van der Waals surface area contributed by atoms with E-state index >= 15 is 0 Å². The summed E-state index contributed by atoms with van der Waals surface area (Å²) in [5.74, 6) is 2.58. The number of benzene rings is 2. The van der Waals surface area contributed by atoms with E-state index in [4.69, 9.17) is 21.1 Å². The van der Waals surface area contributed by atoms with Gasteiger partial charge in [0.15, 0.2) is 17.1 Å². The summed E-state index contributed by atoms with van der Waals surface area (Å²) < 4.78 is 13.4. The van der Waals surface area contributed by atoms with Gasteiger partial charge >= 0.3 is 0 Å².